The lowest BCUT2D eigenvalue weighted by atomic mass is 9.79. The van der Waals surface area contributed by atoms with Gasteiger partial charge in [-0.05, 0) is 60.1 Å². The first kappa shape index (κ1) is 22.6. The van der Waals surface area contributed by atoms with Gasteiger partial charge in [-0.3, -0.25) is 0 Å². The summed E-state index contributed by atoms with van der Waals surface area (Å²) in [6.07, 6.45) is 0.877. The highest BCUT2D eigenvalue weighted by Gasteiger charge is 2.33. The second-order valence-corrected chi connectivity index (χ2v) is 9.11. The van der Waals surface area contributed by atoms with Crippen LogP contribution in [0.4, 0.5) is 0 Å². The van der Waals surface area contributed by atoms with Crippen molar-refractivity contribution in [3.8, 4) is 11.1 Å². The second-order valence-electron chi connectivity index (χ2n) is 8.54. The van der Waals surface area contributed by atoms with Gasteiger partial charge in [-0.15, -0.1) is 0 Å². The second kappa shape index (κ2) is 9.23. The van der Waals surface area contributed by atoms with Gasteiger partial charge in [0.1, 0.15) is 0 Å². The number of esters is 1. The number of methoxy groups -OCH3 is 1. The average molecular weight is 447 g/mol. The number of ether oxygens (including phenoxy) is 2. The molecule has 0 heterocycles. The molecule has 2 aromatic carbocycles. The Labute approximate surface area is 177 Å². The molecule has 0 radical (unpaired) electrons. The number of carbonyl (C=O) groups excluding carboxylic acids is 1. The van der Waals surface area contributed by atoms with Gasteiger partial charge in [-0.25, -0.2) is 4.79 Å². The molecule has 0 aliphatic heterocycles. The summed E-state index contributed by atoms with van der Waals surface area (Å²) in [7, 11) is 1.39. The van der Waals surface area contributed by atoms with Gasteiger partial charge >= 0.3 is 5.97 Å². The summed E-state index contributed by atoms with van der Waals surface area (Å²) in [5.41, 5.74) is 5.22. The van der Waals surface area contributed by atoms with E-state index in [4.69, 9.17) is 9.47 Å². The first-order valence-electron chi connectivity index (χ1n) is 9.59. The van der Waals surface area contributed by atoms with Crippen molar-refractivity contribution >= 4 is 21.9 Å². The maximum absolute atomic E-state index is 11.6. The summed E-state index contributed by atoms with van der Waals surface area (Å²) in [6.45, 7) is 11.6. The molecular weight excluding hydrogens is 416 g/mol. The molecule has 0 bridgehead atoms. The molecule has 152 valence electrons. The summed E-state index contributed by atoms with van der Waals surface area (Å²) < 4.78 is 11.0. The summed E-state index contributed by atoms with van der Waals surface area (Å²) >= 11 is 3.62. The first-order chi connectivity index (χ1) is 13.1. The van der Waals surface area contributed by atoms with E-state index in [1.54, 1.807) is 12.1 Å². The number of benzene rings is 2. The van der Waals surface area contributed by atoms with Crippen LogP contribution in [0.5, 0.6) is 0 Å². The smallest absolute Gasteiger partial charge is 0.337 e. The Morgan fingerprint density at radius 1 is 0.929 bits per heavy atom. The van der Waals surface area contributed by atoms with Crippen LogP contribution in [-0.2, 0) is 21.2 Å². The number of carbonyl (C=O) groups is 1. The minimum Gasteiger partial charge on any atom is -0.465 e. The molecule has 3 nitrogen and oxygen atoms in total. The molecule has 0 aromatic heterocycles. The molecule has 0 saturated heterocycles. The van der Waals surface area contributed by atoms with Gasteiger partial charge in [0.15, 0.2) is 0 Å². The Kier molecular flexibility index (Phi) is 7.46. The van der Waals surface area contributed by atoms with Crippen LogP contribution < -0.4 is 0 Å². The van der Waals surface area contributed by atoms with Crippen molar-refractivity contribution in [3.05, 3.63) is 59.2 Å². The van der Waals surface area contributed by atoms with Crippen molar-refractivity contribution in [1.29, 1.82) is 0 Å². The van der Waals surface area contributed by atoms with Crippen LogP contribution in [0.15, 0.2) is 42.5 Å². The van der Waals surface area contributed by atoms with Gasteiger partial charge < -0.3 is 9.47 Å². The lowest BCUT2D eigenvalue weighted by Crippen LogP contribution is -2.40. The van der Waals surface area contributed by atoms with Gasteiger partial charge in [0, 0.05) is 5.33 Å². The number of rotatable bonds is 7. The molecule has 0 N–H and O–H groups in total. The SMILES string of the molecule is COC(=O)c1ccc(-c2ccc(CCOC(C)(C)C(C)(C)C)c(CBr)c2)cc1. The van der Waals surface area contributed by atoms with E-state index in [9.17, 15) is 4.79 Å². The third kappa shape index (κ3) is 5.45. The lowest BCUT2D eigenvalue weighted by Gasteiger charge is -2.38. The van der Waals surface area contributed by atoms with Gasteiger partial charge in [0.05, 0.1) is 24.9 Å². The molecule has 2 aromatic rings. The molecule has 0 atom stereocenters. The Balaban J connectivity index is 2.13. The minimum absolute atomic E-state index is 0.0888. The zero-order valence-electron chi connectivity index (χ0n) is 17.8. The average Bonchev–Trinajstić information content (AvgIpc) is 2.66. The predicted octanol–water partition coefficient (Wildman–Crippen LogP) is 6.42. The normalized spacial score (nSPS) is 12.1. The van der Waals surface area contributed by atoms with Gasteiger partial charge in [0.25, 0.3) is 0 Å². The van der Waals surface area contributed by atoms with Crippen molar-refractivity contribution in [2.24, 2.45) is 5.41 Å². The van der Waals surface area contributed by atoms with Crippen molar-refractivity contribution < 1.29 is 14.3 Å². The number of alkyl halides is 1. The molecular formula is C24H31BrO3. The fraction of sp³-hybridized carbons (Fsp3) is 0.458. The Morgan fingerprint density at radius 2 is 1.54 bits per heavy atom. The van der Waals surface area contributed by atoms with Crippen LogP contribution in [-0.4, -0.2) is 25.3 Å². The van der Waals surface area contributed by atoms with Crippen molar-refractivity contribution in [2.75, 3.05) is 13.7 Å². The van der Waals surface area contributed by atoms with Gasteiger partial charge in [-0.1, -0.05) is 67.0 Å². The summed E-state index contributed by atoms with van der Waals surface area (Å²) in [4.78, 5) is 11.6. The topological polar surface area (TPSA) is 35.5 Å². The molecule has 0 unspecified atom stereocenters. The highest BCUT2D eigenvalue weighted by Crippen LogP contribution is 2.33. The van der Waals surface area contributed by atoms with E-state index in [1.165, 1.54) is 18.2 Å². The number of halogens is 1. The molecule has 2 rings (SSSR count). The summed E-state index contributed by atoms with van der Waals surface area (Å²) in [6, 6.07) is 14.0. The molecule has 0 amide bonds. The highest BCUT2D eigenvalue weighted by molar-refractivity contribution is 9.08. The fourth-order valence-electron chi connectivity index (χ4n) is 2.72. The molecule has 0 spiro atoms. The fourth-order valence-corrected chi connectivity index (χ4v) is 3.25. The minimum atomic E-state index is -0.318. The summed E-state index contributed by atoms with van der Waals surface area (Å²) in [5, 5.41) is 0.791. The first-order valence-corrected chi connectivity index (χ1v) is 10.7. The van der Waals surface area contributed by atoms with E-state index in [0.717, 1.165) is 22.9 Å². The largest absolute Gasteiger partial charge is 0.465 e. The van der Waals surface area contributed by atoms with E-state index in [2.05, 4.69) is 68.7 Å². The maximum Gasteiger partial charge on any atom is 0.337 e. The standard InChI is InChI=1S/C24H31BrO3/c1-23(2,3)24(4,5)28-14-13-18-9-12-20(15-21(18)16-25)17-7-10-19(11-8-17)22(26)27-6/h7-12,15H,13-14,16H2,1-6H3. The quantitative estimate of drug-likeness (QED) is 0.363. The van der Waals surface area contributed by atoms with Gasteiger partial charge in [0.2, 0.25) is 0 Å². The molecule has 0 fully saturated rings. The number of hydrogen-bond acceptors (Lipinski definition) is 3. The van der Waals surface area contributed by atoms with Crippen molar-refractivity contribution in [3.63, 3.8) is 0 Å². The van der Waals surface area contributed by atoms with Crippen LogP contribution >= 0.6 is 15.9 Å². The Bertz CT molecular complexity index is 802. The predicted molar refractivity (Wildman–Crippen MR) is 119 cm³/mol. The van der Waals surface area contributed by atoms with E-state index in [-0.39, 0.29) is 17.0 Å². The third-order valence-electron chi connectivity index (χ3n) is 5.63. The molecule has 0 aliphatic rings. The van der Waals surface area contributed by atoms with Crippen molar-refractivity contribution in [1.82, 2.24) is 0 Å². The lowest BCUT2D eigenvalue weighted by molar-refractivity contribution is -0.0890. The number of hydrogen-bond donors (Lipinski definition) is 0. The molecule has 4 heteroatoms. The molecule has 0 saturated carbocycles. The van der Waals surface area contributed by atoms with Crippen LogP contribution in [0.2, 0.25) is 0 Å². The third-order valence-corrected chi connectivity index (χ3v) is 6.23. The summed E-state index contributed by atoms with van der Waals surface area (Å²) in [5.74, 6) is -0.318. The van der Waals surface area contributed by atoms with Crippen LogP contribution in [0.1, 0.15) is 56.1 Å². The molecule has 28 heavy (non-hydrogen) atoms. The van der Waals surface area contributed by atoms with Crippen LogP contribution in [0.25, 0.3) is 11.1 Å². The zero-order valence-corrected chi connectivity index (χ0v) is 19.4. The Morgan fingerprint density at radius 3 is 2.07 bits per heavy atom. The Hall–Kier alpha value is -1.65. The van der Waals surface area contributed by atoms with Crippen LogP contribution in [0.3, 0.4) is 0 Å². The van der Waals surface area contributed by atoms with E-state index >= 15 is 0 Å². The van der Waals surface area contributed by atoms with Gasteiger partial charge in [-0.2, -0.15) is 0 Å². The van der Waals surface area contributed by atoms with E-state index in [1.807, 2.05) is 12.1 Å². The molecule has 0 aliphatic carbocycles. The zero-order chi connectivity index (χ0) is 20.9. The van der Waals surface area contributed by atoms with Crippen LogP contribution in [0, 0.1) is 5.41 Å². The highest BCUT2D eigenvalue weighted by atomic mass is 79.9. The van der Waals surface area contributed by atoms with Crippen molar-refractivity contribution in [2.45, 2.75) is 52.0 Å². The van der Waals surface area contributed by atoms with E-state index in [0.29, 0.717) is 12.2 Å². The monoisotopic (exact) mass is 446 g/mol. The maximum atomic E-state index is 11.6. The van der Waals surface area contributed by atoms with E-state index < -0.39 is 0 Å².